The molecule has 0 spiro atoms. The van der Waals surface area contributed by atoms with Crippen LogP contribution in [0.15, 0.2) is 4.79 Å². The zero-order valence-corrected chi connectivity index (χ0v) is 9.42. The zero-order valence-electron chi connectivity index (χ0n) is 9.42. The van der Waals surface area contributed by atoms with Gasteiger partial charge in [0.15, 0.2) is 0 Å². The largest absolute Gasteiger partial charge is 0.328 e. The highest BCUT2D eigenvalue weighted by Crippen LogP contribution is 2.31. The first-order valence-electron chi connectivity index (χ1n) is 5.60. The fraction of sp³-hybridized carbons (Fsp3) is 0.727. The molecule has 1 saturated carbocycles. The van der Waals surface area contributed by atoms with Crippen molar-refractivity contribution < 1.29 is 0 Å². The van der Waals surface area contributed by atoms with Gasteiger partial charge in [0.25, 0.3) is 5.56 Å². The van der Waals surface area contributed by atoms with Crippen LogP contribution >= 0.6 is 0 Å². The second-order valence-corrected chi connectivity index (χ2v) is 4.63. The number of hydrogen-bond donors (Lipinski definition) is 2. The number of H-pyrrole nitrogens is 1. The van der Waals surface area contributed by atoms with Crippen molar-refractivity contribution >= 4 is 0 Å². The van der Waals surface area contributed by atoms with Gasteiger partial charge in [-0.25, -0.2) is 0 Å². The highest BCUT2D eigenvalue weighted by Gasteiger charge is 2.23. The molecule has 1 fully saturated rings. The third kappa shape index (κ3) is 1.86. The Labute approximate surface area is 89.5 Å². The quantitative estimate of drug-likeness (QED) is 0.725. The van der Waals surface area contributed by atoms with Crippen molar-refractivity contribution in [1.82, 2.24) is 9.78 Å². The van der Waals surface area contributed by atoms with E-state index in [4.69, 9.17) is 5.73 Å². The van der Waals surface area contributed by atoms with Crippen LogP contribution in [0.3, 0.4) is 0 Å². The summed E-state index contributed by atoms with van der Waals surface area (Å²) in [6, 6.07) is 0.358. The van der Waals surface area contributed by atoms with E-state index in [1.165, 1.54) is 0 Å². The van der Waals surface area contributed by atoms with Gasteiger partial charge in [-0.2, -0.15) is 0 Å². The van der Waals surface area contributed by atoms with Gasteiger partial charge in [0, 0.05) is 30.3 Å². The number of aromatic amines is 1. The molecule has 84 valence electrons. The van der Waals surface area contributed by atoms with Crippen LogP contribution in [0.1, 0.15) is 42.9 Å². The summed E-state index contributed by atoms with van der Waals surface area (Å²) >= 11 is 0. The second kappa shape index (κ2) is 3.85. The van der Waals surface area contributed by atoms with E-state index in [1.807, 2.05) is 6.92 Å². The first kappa shape index (κ1) is 10.5. The van der Waals surface area contributed by atoms with Gasteiger partial charge in [-0.1, -0.05) is 0 Å². The van der Waals surface area contributed by atoms with E-state index in [0.717, 1.165) is 36.9 Å². The molecule has 1 aromatic heterocycles. The molecule has 1 aliphatic rings. The van der Waals surface area contributed by atoms with Gasteiger partial charge in [0.2, 0.25) is 0 Å². The molecule has 4 heteroatoms. The molecule has 1 aliphatic carbocycles. The Hall–Kier alpha value is -1.03. The van der Waals surface area contributed by atoms with Crippen LogP contribution in [-0.4, -0.2) is 15.8 Å². The molecule has 0 atom stereocenters. The van der Waals surface area contributed by atoms with Crippen molar-refractivity contribution in [1.29, 1.82) is 0 Å². The molecule has 1 aromatic rings. The maximum atomic E-state index is 11.6. The number of nitrogens with zero attached hydrogens (tertiary/aromatic N) is 1. The summed E-state index contributed by atoms with van der Waals surface area (Å²) in [5, 5.41) is 3.16. The van der Waals surface area contributed by atoms with Gasteiger partial charge >= 0.3 is 0 Å². The number of nitrogens with two attached hydrogens (primary N) is 1. The first-order valence-corrected chi connectivity index (χ1v) is 5.60. The van der Waals surface area contributed by atoms with Crippen LogP contribution in [0.25, 0.3) is 0 Å². The molecule has 0 bridgehead atoms. The molecule has 1 heterocycles. The minimum Gasteiger partial charge on any atom is -0.328 e. The number of rotatable bonds is 1. The van der Waals surface area contributed by atoms with Gasteiger partial charge < -0.3 is 5.73 Å². The Balaban J connectivity index is 2.23. The minimum absolute atomic E-state index is 0.0971. The average molecular weight is 209 g/mol. The standard InChI is InChI=1S/C11H19N3O/c1-7-10(13-14(2)11(7)15)8-3-5-9(12)6-4-8/h8-9,13H,3-6,12H2,1-2H3. The van der Waals surface area contributed by atoms with Crippen molar-refractivity contribution in [3.05, 3.63) is 21.6 Å². The smallest absolute Gasteiger partial charge is 0.269 e. The van der Waals surface area contributed by atoms with Crippen LogP contribution in [-0.2, 0) is 7.05 Å². The van der Waals surface area contributed by atoms with Crippen LogP contribution in [0, 0.1) is 6.92 Å². The Kier molecular flexibility index (Phi) is 2.69. The molecule has 4 nitrogen and oxygen atoms in total. The minimum atomic E-state index is 0.0971. The fourth-order valence-corrected chi connectivity index (χ4v) is 2.49. The van der Waals surface area contributed by atoms with Gasteiger partial charge in [-0.15, -0.1) is 0 Å². The van der Waals surface area contributed by atoms with Crippen molar-refractivity contribution in [2.24, 2.45) is 12.8 Å². The molecular weight excluding hydrogens is 190 g/mol. The van der Waals surface area contributed by atoms with Crippen LogP contribution in [0.5, 0.6) is 0 Å². The topological polar surface area (TPSA) is 63.8 Å². The predicted molar refractivity (Wildman–Crippen MR) is 60.0 cm³/mol. The second-order valence-electron chi connectivity index (χ2n) is 4.63. The Morgan fingerprint density at radius 2 is 1.93 bits per heavy atom. The molecule has 0 saturated heterocycles. The van der Waals surface area contributed by atoms with E-state index in [1.54, 1.807) is 11.7 Å². The molecule has 0 radical (unpaired) electrons. The van der Waals surface area contributed by atoms with E-state index < -0.39 is 0 Å². The van der Waals surface area contributed by atoms with Crippen molar-refractivity contribution in [3.8, 4) is 0 Å². The SMILES string of the molecule is Cc1c(C2CCC(N)CC2)[nH]n(C)c1=O. The van der Waals surface area contributed by atoms with Crippen molar-refractivity contribution in [2.75, 3.05) is 0 Å². The Bertz CT molecular complexity index is 396. The van der Waals surface area contributed by atoms with Gasteiger partial charge in [-0.3, -0.25) is 14.6 Å². The number of aryl methyl sites for hydroxylation is 1. The fourth-order valence-electron chi connectivity index (χ4n) is 2.49. The summed E-state index contributed by atoms with van der Waals surface area (Å²) in [5.41, 5.74) is 7.96. The maximum Gasteiger partial charge on any atom is 0.269 e. The number of hydrogen-bond acceptors (Lipinski definition) is 2. The summed E-state index contributed by atoms with van der Waals surface area (Å²) in [4.78, 5) is 11.6. The van der Waals surface area contributed by atoms with Gasteiger partial charge in [0.05, 0.1) is 0 Å². The van der Waals surface area contributed by atoms with E-state index in [9.17, 15) is 4.79 Å². The van der Waals surface area contributed by atoms with E-state index in [0.29, 0.717) is 12.0 Å². The summed E-state index contributed by atoms with van der Waals surface area (Å²) in [6.07, 6.45) is 4.34. The highest BCUT2D eigenvalue weighted by atomic mass is 16.1. The maximum absolute atomic E-state index is 11.6. The highest BCUT2D eigenvalue weighted by molar-refractivity contribution is 5.20. The molecular formula is C11H19N3O. The van der Waals surface area contributed by atoms with Crippen LogP contribution < -0.4 is 11.3 Å². The van der Waals surface area contributed by atoms with E-state index in [2.05, 4.69) is 5.10 Å². The van der Waals surface area contributed by atoms with Gasteiger partial charge in [-0.05, 0) is 32.6 Å². The summed E-state index contributed by atoms with van der Waals surface area (Å²) in [5.74, 6) is 0.499. The van der Waals surface area contributed by atoms with E-state index >= 15 is 0 Å². The third-order valence-corrected chi connectivity index (χ3v) is 3.50. The number of aromatic nitrogens is 2. The average Bonchev–Trinajstić information content (AvgIpc) is 2.47. The lowest BCUT2D eigenvalue weighted by Gasteiger charge is -2.25. The first-order chi connectivity index (χ1) is 7.09. The van der Waals surface area contributed by atoms with Crippen LogP contribution in [0.4, 0.5) is 0 Å². The lowest BCUT2D eigenvalue weighted by Crippen LogP contribution is -2.26. The predicted octanol–water partition coefficient (Wildman–Crippen LogP) is 1.01. The zero-order chi connectivity index (χ0) is 11.0. The molecule has 15 heavy (non-hydrogen) atoms. The monoisotopic (exact) mass is 209 g/mol. The molecule has 2 rings (SSSR count). The lowest BCUT2D eigenvalue weighted by atomic mass is 9.83. The third-order valence-electron chi connectivity index (χ3n) is 3.50. The normalized spacial score (nSPS) is 26.9. The Morgan fingerprint density at radius 1 is 1.33 bits per heavy atom. The van der Waals surface area contributed by atoms with E-state index in [-0.39, 0.29) is 5.56 Å². The van der Waals surface area contributed by atoms with Crippen LogP contribution in [0.2, 0.25) is 0 Å². The lowest BCUT2D eigenvalue weighted by molar-refractivity contribution is 0.388. The summed E-state index contributed by atoms with van der Waals surface area (Å²) in [6.45, 7) is 1.91. The summed E-state index contributed by atoms with van der Waals surface area (Å²) in [7, 11) is 1.77. The Morgan fingerprint density at radius 3 is 2.40 bits per heavy atom. The van der Waals surface area contributed by atoms with Gasteiger partial charge in [0.1, 0.15) is 0 Å². The molecule has 0 aliphatic heterocycles. The van der Waals surface area contributed by atoms with Crippen molar-refractivity contribution in [3.63, 3.8) is 0 Å². The molecule has 0 aromatic carbocycles. The van der Waals surface area contributed by atoms with Crippen molar-refractivity contribution in [2.45, 2.75) is 44.6 Å². The molecule has 3 N–H and O–H groups in total. The number of nitrogens with one attached hydrogen (secondary N) is 1. The molecule has 0 unspecified atom stereocenters. The summed E-state index contributed by atoms with van der Waals surface area (Å²) < 4.78 is 1.57. The molecule has 0 amide bonds.